The van der Waals surface area contributed by atoms with Gasteiger partial charge in [-0.3, -0.25) is 0 Å². The number of ether oxygens (including phenoxy) is 1. The molecule has 1 unspecified atom stereocenters. The molecule has 1 saturated carbocycles. The Balaban J connectivity index is 1.70. The molecule has 1 aliphatic carbocycles. The summed E-state index contributed by atoms with van der Waals surface area (Å²) in [7, 11) is -3.34. The second kappa shape index (κ2) is 5.90. The Morgan fingerprint density at radius 2 is 2.09 bits per heavy atom. The number of hydrogen-bond acceptors (Lipinski definition) is 5. The molecule has 1 fully saturated rings. The zero-order valence-corrected chi connectivity index (χ0v) is 14.0. The van der Waals surface area contributed by atoms with E-state index in [1.165, 1.54) is 0 Å². The van der Waals surface area contributed by atoms with Crippen LogP contribution in [-0.2, 0) is 27.9 Å². The van der Waals surface area contributed by atoms with Gasteiger partial charge in [-0.05, 0) is 25.2 Å². The number of fused-ring (bicyclic) bond motifs is 1. The van der Waals surface area contributed by atoms with Gasteiger partial charge in [0.1, 0.15) is 6.61 Å². The molecule has 8 heteroatoms. The molecule has 7 nitrogen and oxygen atoms in total. The van der Waals surface area contributed by atoms with Gasteiger partial charge in [0.05, 0.1) is 18.4 Å². The fourth-order valence-electron chi connectivity index (χ4n) is 3.53. The Morgan fingerprint density at radius 3 is 2.82 bits per heavy atom. The van der Waals surface area contributed by atoms with E-state index in [0.717, 1.165) is 31.5 Å². The highest BCUT2D eigenvalue weighted by Gasteiger charge is 2.35. The largest absolute Gasteiger partial charge is 0.372 e. The summed E-state index contributed by atoms with van der Waals surface area (Å²) in [6.07, 6.45) is 4.22. The normalized spacial score (nSPS) is 22.5. The van der Waals surface area contributed by atoms with Gasteiger partial charge in [0.25, 0.3) is 0 Å². The predicted molar refractivity (Wildman–Crippen MR) is 81.6 cm³/mol. The molecule has 0 saturated heterocycles. The van der Waals surface area contributed by atoms with Crippen molar-refractivity contribution >= 4 is 10.0 Å². The van der Waals surface area contributed by atoms with Gasteiger partial charge in [-0.15, -0.1) is 10.2 Å². The third-order valence-electron chi connectivity index (χ3n) is 4.64. The summed E-state index contributed by atoms with van der Waals surface area (Å²) in [5.41, 5.74) is -0.0936. The van der Waals surface area contributed by atoms with E-state index in [1.54, 1.807) is 0 Å². The van der Waals surface area contributed by atoms with E-state index in [4.69, 9.17) is 4.74 Å². The molecule has 0 amide bonds. The molecular weight excluding hydrogens is 304 g/mol. The van der Waals surface area contributed by atoms with Gasteiger partial charge < -0.3 is 9.30 Å². The maximum absolute atomic E-state index is 12.5. The molecule has 1 atom stereocenters. The van der Waals surface area contributed by atoms with Gasteiger partial charge in [0.15, 0.2) is 11.6 Å². The quantitative estimate of drug-likeness (QED) is 0.882. The average molecular weight is 328 g/mol. The van der Waals surface area contributed by atoms with Crippen LogP contribution in [0.3, 0.4) is 0 Å². The molecule has 1 aromatic heterocycles. The number of nitrogens with zero attached hydrogens (tertiary/aromatic N) is 3. The fourth-order valence-corrected chi connectivity index (χ4v) is 5.47. The van der Waals surface area contributed by atoms with Crippen LogP contribution in [0.15, 0.2) is 0 Å². The third-order valence-corrected chi connectivity index (χ3v) is 6.43. The van der Waals surface area contributed by atoms with E-state index in [2.05, 4.69) is 21.8 Å². The van der Waals surface area contributed by atoms with Crippen LogP contribution in [0.2, 0.25) is 0 Å². The van der Waals surface area contributed by atoms with Crippen LogP contribution >= 0.6 is 0 Å². The fraction of sp³-hybridized carbons (Fsp3) is 0.857. The summed E-state index contributed by atoms with van der Waals surface area (Å²) >= 11 is 0. The van der Waals surface area contributed by atoms with Crippen molar-refractivity contribution in [2.45, 2.75) is 58.7 Å². The Labute approximate surface area is 131 Å². The van der Waals surface area contributed by atoms with E-state index in [0.29, 0.717) is 25.6 Å². The summed E-state index contributed by atoms with van der Waals surface area (Å²) < 4.78 is 35.0. The SMILES string of the molecule is CC(NS(=O)(=O)CC1(C)CCCC1)c1nnc2n1CCOC2. The molecule has 1 aliphatic heterocycles. The summed E-state index contributed by atoms with van der Waals surface area (Å²) in [6, 6.07) is -0.380. The van der Waals surface area contributed by atoms with Crippen LogP contribution < -0.4 is 4.72 Å². The number of rotatable bonds is 5. The lowest BCUT2D eigenvalue weighted by Crippen LogP contribution is -2.36. The lowest BCUT2D eigenvalue weighted by Gasteiger charge is -2.25. The minimum Gasteiger partial charge on any atom is -0.372 e. The first-order valence-electron chi connectivity index (χ1n) is 7.88. The van der Waals surface area contributed by atoms with Crippen LogP contribution in [-0.4, -0.2) is 35.5 Å². The number of sulfonamides is 1. The van der Waals surface area contributed by atoms with Crippen LogP contribution in [0, 0.1) is 5.41 Å². The molecule has 124 valence electrons. The standard InChI is InChI=1S/C14H24N4O3S/c1-11(13-16-15-12-9-21-8-7-18(12)13)17-22(19,20)10-14(2)5-3-4-6-14/h11,17H,3-10H2,1-2H3. The molecule has 0 radical (unpaired) electrons. The van der Waals surface area contributed by atoms with E-state index >= 15 is 0 Å². The monoisotopic (exact) mass is 328 g/mol. The van der Waals surface area contributed by atoms with Gasteiger partial charge in [0, 0.05) is 6.54 Å². The maximum Gasteiger partial charge on any atom is 0.212 e. The summed E-state index contributed by atoms with van der Waals surface area (Å²) in [5, 5.41) is 8.21. The average Bonchev–Trinajstić information content (AvgIpc) is 3.03. The van der Waals surface area contributed by atoms with Crippen molar-refractivity contribution in [2.75, 3.05) is 12.4 Å². The smallest absolute Gasteiger partial charge is 0.212 e. The molecule has 3 rings (SSSR count). The highest BCUT2D eigenvalue weighted by atomic mass is 32.2. The minimum atomic E-state index is -3.34. The third kappa shape index (κ3) is 3.33. The lowest BCUT2D eigenvalue weighted by molar-refractivity contribution is 0.0802. The molecule has 1 aromatic rings. The van der Waals surface area contributed by atoms with Gasteiger partial charge in [-0.1, -0.05) is 19.8 Å². The number of nitrogens with one attached hydrogen (secondary N) is 1. The first-order chi connectivity index (χ1) is 10.4. The van der Waals surface area contributed by atoms with Gasteiger partial charge >= 0.3 is 0 Å². The minimum absolute atomic E-state index is 0.0936. The molecule has 22 heavy (non-hydrogen) atoms. The second-order valence-electron chi connectivity index (χ2n) is 6.80. The van der Waals surface area contributed by atoms with Crippen molar-refractivity contribution in [3.8, 4) is 0 Å². The molecule has 2 aliphatic rings. The Morgan fingerprint density at radius 1 is 1.36 bits per heavy atom. The first kappa shape index (κ1) is 15.9. The molecule has 2 heterocycles. The molecular formula is C14H24N4O3S. The second-order valence-corrected chi connectivity index (χ2v) is 8.55. The van der Waals surface area contributed by atoms with Crippen molar-refractivity contribution in [1.82, 2.24) is 19.5 Å². The summed E-state index contributed by atoms with van der Waals surface area (Å²) in [4.78, 5) is 0. The van der Waals surface area contributed by atoms with E-state index in [-0.39, 0.29) is 17.2 Å². The van der Waals surface area contributed by atoms with Crippen molar-refractivity contribution in [1.29, 1.82) is 0 Å². The van der Waals surface area contributed by atoms with E-state index in [1.807, 2.05) is 11.5 Å². The van der Waals surface area contributed by atoms with Gasteiger partial charge in [0.2, 0.25) is 10.0 Å². The van der Waals surface area contributed by atoms with E-state index in [9.17, 15) is 8.42 Å². The molecule has 0 spiro atoms. The van der Waals surface area contributed by atoms with E-state index < -0.39 is 10.0 Å². The van der Waals surface area contributed by atoms with Gasteiger partial charge in [-0.2, -0.15) is 0 Å². The zero-order chi connectivity index (χ0) is 15.8. The Hall–Kier alpha value is -0.990. The highest BCUT2D eigenvalue weighted by Crippen LogP contribution is 2.38. The van der Waals surface area contributed by atoms with Crippen molar-refractivity contribution in [3.63, 3.8) is 0 Å². The highest BCUT2D eigenvalue weighted by molar-refractivity contribution is 7.89. The lowest BCUT2D eigenvalue weighted by atomic mass is 9.92. The van der Waals surface area contributed by atoms with Crippen LogP contribution in [0.1, 0.15) is 57.2 Å². The zero-order valence-electron chi connectivity index (χ0n) is 13.2. The van der Waals surface area contributed by atoms with Crippen LogP contribution in [0.5, 0.6) is 0 Å². The summed E-state index contributed by atoms with van der Waals surface area (Å²) in [6.45, 7) is 5.60. The number of hydrogen-bond donors (Lipinski definition) is 1. The molecule has 0 aromatic carbocycles. The molecule has 0 bridgehead atoms. The first-order valence-corrected chi connectivity index (χ1v) is 9.54. The maximum atomic E-state index is 12.5. The van der Waals surface area contributed by atoms with Crippen molar-refractivity contribution in [2.24, 2.45) is 5.41 Å². The van der Waals surface area contributed by atoms with Gasteiger partial charge in [-0.25, -0.2) is 13.1 Å². The Bertz CT molecular complexity index is 635. The predicted octanol–water partition coefficient (Wildman–Crippen LogP) is 1.37. The Kier molecular flexibility index (Phi) is 4.26. The summed E-state index contributed by atoms with van der Waals surface area (Å²) in [5.74, 6) is 1.61. The van der Waals surface area contributed by atoms with Crippen LogP contribution in [0.25, 0.3) is 0 Å². The van der Waals surface area contributed by atoms with Crippen molar-refractivity contribution < 1.29 is 13.2 Å². The van der Waals surface area contributed by atoms with Crippen molar-refractivity contribution in [3.05, 3.63) is 11.6 Å². The topological polar surface area (TPSA) is 86.1 Å². The molecule has 1 N–H and O–H groups in total. The van der Waals surface area contributed by atoms with Crippen LogP contribution in [0.4, 0.5) is 0 Å². The number of aromatic nitrogens is 3.